The Balaban J connectivity index is 3.97. The molecular weight excluding hydrogens is 234 g/mol. The van der Waals surface area contributed by atoms with Crippen LogP contribution in [0.4, 0.5) is 0 Å². The summed E-state index contributed by atoms with van der Waals surface area (Å²) in [5.74, 6) is -0.275. The monoisotopic (exact) mass is 261 g/mol. The molecule has 0 saturated heterocycles. The highest BCUT2D eigenvalue weighted by Crippen LogP contribution is 2.15. The average molecular weight is 261 g/mol. The van der Waals surface area contributed by atoms with Gasteiger partial charge in [0, 0.05) is 13.0 Å². The van der Waals surface area contributed by atoms with Crippen LogP contribution in [0.3, 0.4) is 0 Å². The van der Waals surface area contributed by atoms with Crippen molar-refractivity contribution < 1.29 is 19.0 Å². The van der Waals surface area contributed by atoms with Crippen molar-refractivity contribution in [3.8, 4) is 0 Å². The lowest BCUT2D eigenvalue weighted by Crippen LogP contribution is -2.50. The Labute approximate surface area is 110 Å². The van der Waals surface area contributed by atoms with E-state index in [0.29, 0.717) is 19.6 Å². The second-order valence-corrected chi connectivity index (χ2v) is 4.57. The number of ether oxygens (including phenoxy) is 3. The third kappa shape index (κ3) is 6.33. The van der Waals surface area contributed by atoms with Crippen molar-refractivity contribution in [1.82, 2.24) is 5.32 Å². The van der Waals surface area contributed by atoms with E-state index in [1.54, 1.807) is 7.05 Å². The second-order valence-electron chi connectivity index (χ2n) is 4.57. The fourth-order valence-electron chi connectivity index (χ4n) is 1.70. The summed E-state index contributed by atoms with van der Waals surface area (Å²) >= 11 is 0. The van der Waals surface area contributed by atoms with Crippen molar-refractivity contribution in [2.45, 2.75) is 45.3 Å². The summed E-state index contributed by atoms with van der Waals surface area (Å²) in [7, 11) is 3.13. The molecule has 0 spiro atoms. The van der Waals surface area contributed by atoms with Crippen LogP contribution in [0.1, 0.15) is 33.6 Å². The van der Waals surface area contributed by atoms with Gasteiger partial charge in [-0.2, -0.15) is 0 Å². The van der Waals surface area contributed by atoms with Gasteiger partial charge in [0.15, 0.2) is 0 Å². The van der Waals surface area contributed by atoms with Gasteiger partial charge in [-0.05, 0) is 27.3 Å². The molecule has 0 aromatic rings. The molecule has 18 heavy (non-hydrogen) atoms. The van der Waals surface area contributed by atoms with Crippen molar-refractivity contribution in [3.05, 3.63) is 0 Å². The van der Waals surface area contributed by atoms with E-state index in [4.69, 9.17) is 14.2 Å². The zero-order chi connectivity index (χ0) is 14.0. The molecule has 0 bridgehead atoms. The van der Waals surface area contributed by atoms with E-state index in [-0.39, 0.29) is 12.1 Å². The minimum Gasteiger partial charge on any atom is -0.468 e. The molecule has 108 valence electrons. The molecule has 1 N–H and O–H groups in total. The van der Waals surface area contributed by atoms with Gasteiger partial charge in [0.25, 0.3) is 0 Å². The van der Waals surface area contributed by atoms with E-state index in [1.807, 2.05) is 13.8 Å². The van der Waals surface area contributed by atoms with Gasteiger partial charge in [-0.1, -0.05) is 6.92 Å². The normalized spacial score (nSPS) is 16.1. The smallest absolute Gasteiger partial charge is 0.325 e. The summed E-state index contributed by atoms with van der Waals surface area (Å²) in [4.78, 5) is 11.7. The Morgan fingerprint density at radius 2 is 2.00 bits per heavy atom. The molecule has 0 aliphatic rings. The summed E-state index contributed by atoms with van der Waals surface area (Å²) in [6.45, 7) is 7.71. The van der Waals surface area contributed by atoms with Gasteiger partial charge in [-0.15, -0.1) is 0 Å². The number of carbonyl (C=O) groups is 1. The standard InChI is InChI=1S/C13H27NO4/c1-6-7-17-8-9-18-11(2)10-13(3,14-4)12(15)16-5/h11,14H,6-10H2,1-5H3. The second kappa shape index (κ2) is 9.30. The molecule has 5 nitrogen and oxygen atoms in total. The average Bonchev–Trinajstić information content (AvgIpc) is 2.37. The number of carbonyl (C=O) groups excluding carboxylic acids is 1. The molecule has 2 unspecified atom stereocenters. The van der Waals surface area contributed by atoms with Crippen LogP contribution in [0, 0.1) is 0 Å². The van der Waals surface area contributed by atoms with Crippen molar-refractivity contribution in [3.63, 3.8) is 0 Å². The number of nitrogens with one attached hydrogen (secondary N) is 1. The Morgan fingerprint density at radius 3 is 2.50 bits per heavy atom. The van der Waals surface area contributed by atoms with Crippen molar-refractivity contribution in [1.29, 1.82) is 0 Å². The number of likely N-dealkylation sites (N-methyl/N-ethyl adjacent to an activating group) is 1. The SMILES string of the molecule is CCCOCCOC(C)CC(C)(NC)C(=O)OC. The molecule has 0 aromatic heterocycles. The van der Waals surface area contributed by atoms with Crippen LogP contribution in [-0.4, -0.2) is 51.6 Å². The third-order valence-electron chi connectivity index (χ3n) is 2.86. The molecule has 0 aliphatic heterocycles. The van der Waals surface area contributed by atoms with E-state index in [1.165, 1.54) is 7.11 Å². The topological polar surface area (TPSA) is 56.8 Å². The number of esters is 1. The summed E-state index contributed by atoms with van der Waals surface area (Å²) in [6, 6.07) is 0. The Hall–Kier alpha value is -0.650. The first-order valence-electron chi connectivity index (χ1n) is 6.46. The maximum atomic E-state index is 11.7. The van der Waals surface area contributed by atoms with E-state index in [9.17, 15) is 4.79 Å². The van der Waals surface area contributed by atoms with Crippen LogP contribution < -0.4 is 5.32 Å². The molecule has 0 saturated carbocycles. The molecule has 0 radical (unpaired) electrons. The number of hydrogen-bond donors (Lipinski definition) is 1. The van der Waals surface area contributed by atoms with E-state index < -0.39 is 5.54 Å². The van der Waals surface area contributed by atoms with Crippen molar-refractivity contribution in [2.24, 2.45) is 0 Å². The van der Waals surface area contributed by atoms with Crippen LogP contribution >= 0.6 is 0 Å². The van der Waals surface area contributed by atoms with Crippen LogP contribution in [0.5, 0.6) is 0 Å². The van der Waals surface area contributed by atoms with Crippen molar-refractivity contribution in [2.75, 3.05) is 34.0 Å². The predicted octanol–water partition coefficient (Wildman–Crippen LogP) is 1.36. The van der Waals surface area contributed by atoms with Crippen LogP contribution in [0.25, 0.3) is 0 Å². The lowest BCUT2D eigenvalue weighted by molar-refractivity contribution is -0.149. The molecule has 2 atom stereocenters. The van der Waals surface area contributed by atoms with Gasteiger partial charge in [-0.25, -0.2) is 0 Å². The first-order chi connectivity index (χ1) is 8.50. The first kappa shape index (κ1) is 17.4. The highest BCUT2D eigenvalue weighted by atomic mass is 16.5. The summed E-state index contributed by atoms with van der Waals surface area (Å²) in [5.41, 5.74) is -0.710. The zero-order valence-corrected chi connectivity index (χ0v) is 12.2. The molecule has 0 rings (SSSR count). The minimum atomic E-state index is -0.710. The maximum absolute atomic E-state index is 11.7. The maximum Gasteiger partial charge on any atom is 0.325 e. The van der Waals surface area contributed by atoms with Gasteiger partial charge in [-0.3, -0.25) is 4.79 Å². The van der Waals surface area contributed by atoms with Gasteiger partial charge < -0.3 is 19.5 Å². The Morgan fingerprint density at radius 1 is 1.33 bits per heavy atom. The fraction of sp³-hybridized carbons (Fsp3) is 0.923. The lowest BCUT2D eigenvalue weighted by Gasteiger charge is -2.29. The summed E-state index contributed by atoms with van der Waals surface area (Å²) in [5, 5.41) is 2.98. The highest BCUT2D eigenvalue weighted by Gasteiger charge is 2.34. The molecule has 5 heteroatoms. The predicted molar refractivity (Wildman–Crippen MR) is 70.6 cm³/mol. The molecular formula is C13H27NO4. The number of hydrogen-bond acceptors (Lipinski definition) is 5. The molecule has 0 aliphatic carbocycles. The van der Waals surface area contributed by atoms with Crippen LogP contribution in [-0.2, 0) is 19.0 Å². The molecule has 0 heterocycles. The number of rotatable bonds is 10. The van der Waals surface area contributed by atoms with Gasteiger partial charge in [0.1, 0.15) is 5.54 Å². The highest BCUT2D eigenvalue weighted by molar-refractivity contribution is 5.80. The summed E-state index contributed by atoms with van der Waals surface area (Å²) < 4.78 is 15.7. The zero-order valence-electron chi connectivity index (χ0n) is 12.2. The van der Waals surface area contributed by atoms with Gasteiger partial charge in [0.05, 0.1) is 26.4 Å². The van der Waals surface area contributed by atoms with E-state index in [0.717, 1.165) is 13.0 Å². The number of methoxy groups -OCH3 is 1. The quantitative estimate of drug-likeness (QED) is 0.475. The minimum absolute atomic E-state index is 0.0354. The fourth-order valence-corrected chi connectivity index (χ4v) is 1.70. The van der Waals surface area contributed by atoms with E-state index >= 15 is 0 Å². The Kier molecular flexibility index (Phi) is 8.97. The van der Waals surface area contributed by atoms with Crippen molar-refractivity contribution >= 4 is 5.97 Å². The third-order valence-corrected chi connectivity index (χ3v) is 2.86. The van der Waals surface area contributed by atoms with Gasteiger partial charge in [0.2, 0.25) is 0 Å². The van der Waals surface area contributed by atoms with E-state index in [2.05, 4.69) is 12.2 Å². The first-order valence-corrected chi connectivity index (χ1v) is 6.46. The van der Waals surface area contributed by atoms with Gasteiger partial charge >= 0.3 is 5.97 Å². The van der Waals surface area contributed by atoms with Crippen LogP contribution in [0.2, 0.25) is 0 Å². The molecule has 0 amide bonds. The summed E-state index contributed by atoms with van der Waals surface area (Å²) in [6.07, 6.45) is 1.53. The van der Waals surface area contributed by atoms with Crippen LogP contribution in [0.15, 0.2) is 0 Å². The Bertz CT molecular complexity index is 235. The molecule has 0 fully saturated rings. The molecule has 0 aromatic carbocycles. The largest absolute Gasteiger partial charge is 0.468 e. The lowest BCUT2D eigenvalue weighted by atomic mass is 9.95.